The van der Waals surface area contributed by atoms with Crippen LogP contribution in [0.4, 0.5) is 5.82 Å². The largest absolute Gasteiger partial charge is 0.383 e. The first kappa shape index (κ1) is 12.5. The summed E-state index contributed by atoms with van der Waals surface area (Å²) in [6.07, 6.45) is 5.60. The molecule has 3 rings (SSSR count). The van der Waals surface area contributed by atoms with Gasteiger partial charge in [0.1, 0.15) is 11.3 Å². The third kappa shape index (κ3) is 2.07. The van der Waals surface area contributed by atoms with Gasteiger partial charge in [-0.25, -0.2) is 28.4 Å². The van der Waals surface area contributed by atoms with E-state index in [-0.39, 0.29) is 11.0 Å². The third-order valence-electron chi connectivity index (χ3n) is 2.66. The highest BCUT2D eigenvalue weighted by molar-refractivity contribution is 7.90. The van der Waals surface area contributed by atoms with E-state index in [1.165, 1.54) is 12.4 Å². The van der Waals surface area contributed by atoms with Gasteiger partial charge in [0.25, 0.3) is 0 Å². The maximum Gasteiger partial charge on any atom is 0.248 e. The normalized spacial score (nSPS) is 11.8. The quantitative estimate of drug-likeness (QED) is 0.654. The number of hydrogen-bond acceptors (Lipinski definition) is 7. The van der Waals surface area contributed by atoms with Gasteiger partial charge in [-0.2, -0.15) is 0 Å². The van der Waals surface area contributed by atoms with Crippen LogP contribution < -0.4 is 5.73 Å². The highest BCUT2D eigenvalue weighted by atomic mass is 32.2. The number of anilines is 1. The maximum atomic E-state index is 11.4. The molecule has 0 aromatic carbocycles. The Bertz CT molecular complexity index is 902. The van der Waals surface area contributed by atoms with Crippen LogP contribution in [0, 0.1) is 0 Å². The summed E-state index contributed by atoms with van der Waals surface area (Å²) in [6, 6.07) is 1.77. The van der Waals surface area contributed by atoms with Crippen LogP contribution in [0.1, 0.15) is 0 Å². The van der Waals surface area contributed by atoms with Crippen LogP contribution in [-0.4, -0.2) is 39.6 Å². The van der Waals surface area contributed by atoms with Gasteiger partial charge < -0.3 is 10.7 Å². The molecule has 8 nitrogen and oxygen atoms in total. The Morgan fingerprint density at radius 1 is 1.20 bits per heavy atom. The number of rotatable bonds is 2. The lowest BCUT2D eigenvalue weighted by atomic mass is 10.2. The van der Waals surface area contributed by atoms with Crippen LogP contribution in [0.2, 0.25) is 0 Å². The summed E-state index contributed by atoms with van der Waals surface area (Å²) in [5.41, 5.74) is 8.03. The van der Waals surface area contributed by atoms with E-state index < -0.39 is 9.84 Å². The molecule has 3 N–H and O–H groups in total. The molecule has 0 amide bonds. The van der Waals surface area contributed by atoms with Crippen LogP contribution in [0.15, 0.2) is 29.8 Å². The van der Waals surface area contributed by atoms with Crippen molar-refractivity contribution in [3.8, 4) is 11.3 Å². The van der Waals surface area contributed by atoms with Crippen molar-refractivity contribution in [2.45, 2.75) is 5.16 Å². The van der Waals surface area contributed by atoms with E-state index in [0.717, 1.165) is 6.26 Å². The number of hydrogen-bond donors (Lipinski definition) is 2. The van der Waals surface area contributed by atoms with E-state index >= 15 is 0 Å². The van der Waals surface area contributed by atoms with Crippen molar-refractivity contribution in [3.05, 3.63) is 24.7 Å². The first-order valence-corrected chi connectivity index (χ1v) is 7.47. The molecule has 0 radical (unpaired) electrons. The Morgan fingerprint density at radius 3 is 2.70 bits per heavy atom. The molecule has 3 heterocycles. The van der Waals surface area contributed by atoms with Crippen LogP contribution >= 0.6 is 0 Å². The Balaban J connectivity index is 2.14. The molecule has 0 bridgehead atoms. The predicted octanol–water partition coefficient (Wildman–Crippen LogP) is 0.401. The van der Waals surface area contributed by atoms with Crippen LogP contribution in [0.25, 0.3) is 22.4 Å². The van der Waals surface area contributed by atoms with Gasteiger partial charge >= 0.3 is 0 Å². The fourth-order valence-corrected chi connectivity index (χ4v) is 2.22. The number of nitrogens with zero attached hydrogens (tertiary/aromatic N) is 4. The van der Waals surface area contributed by atoms with E-state index in [4.69, 9.17) is 5.73 Å². The molecule has 20 heavy (non-hydrogen) atoms. The van der Waals surface area contributed by atoms with Crippen molar-refractivity contribution in [3.63, 3.8) is 0 Å². The average molecular weight is 290 g/mol. The van der Waals surface area contributed by atoms with Crippen molar-refractivity contribution < 1.29 is 8.42 Å². The number of H-pyrrole nitrogens is 1. The number of nitrogen functional groups attached to an aromatic ring is 1. The van der Waals surface area contributed by atoms with E-state index in [9.17, 15) is 8.42 Å². The van der Waals surface area contributed by atoms with Crippen molar-refractivity contribution >= 4 is 26.8 Å². The van der Waals surface area contributed by atoms with Gasteiger partial charge in [-0.15, -0.1) is 0 Å². The van der Waals surface area contributed by atoms with Crippen LogP contribution in [0.5, 0.6) is 0 Å². The third-order valence-corrected chi connectivity index (χ3v) is 3.52. The second-order valence-electron chi connectivity index (χ2n) is 4.19. The number of aromatic nitrogens is 5. The zero-order valence-electron chi connectivity index (χ0n) is 10.4. The predicted molar refractivity (Wildman–Crippen MR) is 72.4 cm³/mol. The zero-order valence-corrected chi connectivity index (χ0v) is 11.2. The minimum Gasteiger partial charge on any atom is -0.383 e. The van der Waals surface area contributed by atoms with Gasteiger partial charge in [0.05, 0.1) is 17.5 Å². The molecule has 0 saturated heterocycles. The minimum atomic E-state index is -3.49. The summed E-state index contributed by atoms with van der Waals surface area (Å²) in [5, 5.41) is -0.311. The number of nitrogens with one attached hydrogen (secondary N) is 1. The smallest absolute Gasteiger partial charge is 0.248 e. The first-order valence-electron chi connectivity index (χ1n) is 5.58. The molecule has 3 aromatic heterocycles. The Kier molecular flexibility index (Phi) is 2.64. The fraction of sp³-hybridized carbons (Fsp3) is 0.0909. The topological polar surface area (TPSA) is 128 Å². The van der Waals surface area contributed by atoms with Gasteiger partial charge in [-0.3, -0.25) is 0 Å². The van der Waals surface area contributed by atoms with E-state index in [0.29, 0.717) is 22.4 Å². The Labute approximate surface area is 114 Å². The number of fused-ring (bicyclic) bond motifs is 1. The van der Waals surface area contributed by atoms with Gasteiger partial charge in [-0.1, -0.05) is 0 Å². The molecule has 0 fully saturated rings. The van der Waals surface area contributed by atoms with E-state index in [1.807, 2.05) is 0 Å². The maximum absolute atomic E-state index is 11.4. The summed E-state index contributed by atoms with van der Waals surface area (Å²) in [6.45, 7) is 0. The Morgan fingerprint density at radius 2 is 2.00 bits per heavy atom. The number of sulfone groups is 1. The van der Waals surface area contributed by atoms with Crippen LogP contribution in [0.3, 0.4) is 0 Å². The molecule has 9 heteroatoms. The van der Waals surface area contributed by atoms with Crippen molar-refractivity contribution in [2.75, 3.05) is 12.0 Å². The number of nitrogens with two attached hydrogens (primary N) is 1. The molecule has 3 aromatic rings. The highest BCUT2D eigenvalue weighted by Gasteiger charge is 2.15. The van der Waals surface area contributed by atoms with Gasteiger partial charge in [0, 0.05) is 18.6 Å². The van der Waals surface area contributed by atoms with E-state index in [1.54, 1.807) is 12.3 Å². The van der Waals surface area contributed by atoms with Gasteiger partial charge in [0.2, 0.25) is 15.0 Å². The molecule has 0 aliphatic heterocycles. The summed E-state index contributed by atoms with van der Waals surface area (Å²) in [5.74, 6) is 0.0459. The Hall–Kier alpha value is -2.55. The lowest BCUT2D eigenvalue weighted by Crippen LogP contribution is -2.07. The molecule has 0 spiro atoms. The average Bonchev–Trinajstić information content (AvgIpc) is 2.84. The zero-order chi connectivity index (χ0) is 14.3. The second-order valence-corrected chi connectivity index (χ2v) is 6.10. The summed E-state index contributed by atoms with van der Waals surface area (Å²) in [7, 11) is -3.49. The lowest BCUT2D eigenvalue weighted by molar-refractivity contribution is 0.593. The molecule has 0 saturated carbocycles. The monoisotopic (exact) mass is 290 g/mol. The SMILES string of the molecule is CS(=O)(=O)c1ncc(-c2cnc3[nH]ccc3n2)c(N)n1. The summed E-state index contributed by atoms with van der Waals surface area (Å²) >= 11 is 0. The van der Waals surface area contributed by atoms with Gasteiger partial charge in [-0.05, 0) is 6.07 Å². The molecular weight excluding hydrogens is 280 g/mol. The molecule has 0 aliphatic carbocycles. The van der Waals surface area contributed by atoms with Crippen molar-refractivity contribution in [1.29, 1.82) is 0 Å². The second kappa shape index (κ2) is 4.23. The molecular formula is C11H10N6O2S. The molecule has 102 valence electrons. The standard InChI is InChI=1S/C11H10N6O2S/c1-20(18,19)11-15-4-6(9(12)17-11)8-5-14-10-7(16-8)2-3-13-10/h2-5H,1H3,(H,13,14)(H2,12,15,17). The van der Waals surface area contributed by atoms with Crippen molar-refractivity contribution in [1.82, 2.24) is 24.9 Å². The summed E-state index contributed by atoms with van der Waals surface area (Å²) in [4.78, 5) is 19.1. The lowest BCUT2D eigenvalue weighted by Gasteiger charge is -2.05. The highest BCUT2D eigenvalue weighted by Crippen LogP contribution is 2.23. The first-order chi connectivity index (χ1) is 9.45. The molecule has 0 aliphatic rings. The van der Waals surface area contributed by atoms with Gasteiger partial charge in [0.15, 0.2) is 5.65 Å². The number of aromatic amines is 1. The van der Waals surface area contributed by atoms with Crippen molar-refractivity contribution in [2.24, 2.45) is 0 Å². The van der Waals surface area contributed by atoms with E-state index in [2.05, 4.69) is 24.9 Å². The molecule has 0 unspecified atom stereocenters. The molecule has 0 atom stereocenters. The summed E-state index contributed by atoms with van der Waals surface area (Å²) < 4.78 is 22.7. The van der Waals surface area contributed by atoms with Crippen LogP contribution in [-0.2, 0) is 9.84 Å². The fourth-order valence-electron chi connectivity index (χ4n) is 1.71. The minimum absolute atomic E-state index is 0.0459.